The molecular formula is C13H20N4O. The Balaban J connectivity index is 2.41. The highest BCUT2D eigenvalue weighted by Gasteiger charge is 2.10. The maximum Gasteiger partial charge on any atom is 0.272 e. The molecule has 18 heavy (non-hydrogen) atoms. The minimum absolute atomic E-state index is 0.0365. The van der Waals surface area contributed by atoms with Gasteiger partial charge in [0.15, 0.2) is 5.65 Å². The monoisotopic (exact) mass is 248 g/mol. The van der Waals surface area contributed by atoms with Gasteiger partial charge in [0.05, 0.1) is 0 Å². The second-order valence-corrected chi connectivity index (χ2v) is 4.56. The van der Waals surface area contributed by atoms with Gasteiger partial charge in [-0.1, -0.05) is 6.92 Å². The third kappa shape index (κ3) is 2.31. The van der Waals surface area contributed by atoms with Crippen LogP contribution < -0.4 is 11.3 Å². The van der Waals surface area contributed by atoms with Crippen LogP contribution in [0.4, 0.5) is 0 Å². The van der Waals surface area contributed by atoms with Crippen LogP contribution in [0.25, 0.3) is 5.65 Å². The molecule has 0 amide bonds. The lowest BCUT2D eigenvalue weighted by Gasteiger charge is -2.00. The molecule has 2 rings (SSSR count). The van der Waals surface area contributed by atoms with Gasteiger partial charge in [-0.05, 0) is 39.2 Å². The van der Waals surface area contributed by atoms with E-state index in [2.05, 4.69) is 17.0 Å². The summed E-state index contributed by atoms with van der Waals surface area (Å²) >= 11 is 0. The lowest BCUT2D eigenvalue weighted by molar-refractivity contribution is 0.727. The fourth-order valence-corrected chi connectivity index (χ4v) is 2.17. The fraction of sp³-hybridized carbons (Fsp3) is 0.538. The first kappa shape index (κ1) is 12.8. The Morgan fingerprint density at radius 1 is 1.44 bits per heavy atom. The molecule has 5 heteroatoms. The van der Waals surface area contributed by atoms with Crippen molar-refractivity contribution in [2.45, 2.75) is 39.5 Å². The average molecular weight is 248 g/mol. The topological polar surface area (TPSA) is 76.2 Å². The highest BCUT2D eigenvalue weighted by Crippen LogP contribution is 2.12. The van der Waals surface area contributed by atoms with Crippen molar-refractivity contribution in [1.82, 2.24) is 14.6 Å². The summed E-state index contributed by atoms with van der Waals surface area (Å²) in [5.41, 5.74) is 9.18. The van der Waals surface area contributed by atoms with Gasteiger partial charge in [0.1, 0.15) is 0 Å². The number of nitrogens with zero attached hydrogens (tertiary/aromatic N) is 2. The van der Waals surface area contributed by atoms with Crippen LogP contribution in [0.3, 0.4) is 0 Å². The van der Waals surface area contributed by atoms with Crippen LogP contribution in [0.15, 0.2) is 10.9 Å². The first-order chi connectivity index (χ1) is 8.67. The van der Waals surface area contributed by atoms with Gasteiger partial charge in [-0.2, -0.15) is 0 Å². The fourth-order valence-electron chi connectivity index (χ4n) is 2.17. The van der Waals surface area contributed by atoms with Crippen LogP contribution >= 0.6 is 0 Å². The molecule has 0 unspecified atom stereocenters. The molecule has 0 aliphatic rings. The predicted molar refractivity (Wildman–Crippen MR) is 71.9 cm³/mol. The zero-order valence-electron chi connectivity index (χ0n) is 11.0. The Labute approximate surface area is 106 Å². The van der Waals surface area contributed by atoms with Crippen LogP contribution in [0, 0.1) is 6.92 Å². The van der Waals surface area contributed by atoms with E-state index in [1.165, 1.54) is 4.52 Å². The van der Waals surface area contributed by atoms with E-state index in [1.807, 2.05) is 6.92 Å². The van der Waals surface area contributed by atoms with E-state index in [0.717, 1.165) is 48.3 Å². The molecule has 0 saturated carbocycles. The Morgan fingerprint density at radius 3 is 2.89 bits per heavy atom. The largest absolute Gasteiger partial charge is 0.330 e. The van der Waals surface area contributed by atoms with Crippen LogP contribution in [0.5, 0.6) is 0 Å². The Bertz CT molecular complexity index is 597. The molecule has 0 bridgehead atoms. The van der Waals surface area contributed by atoms with Crippen LogP contribution in [0.2, 0.25) is 0 Å². The van der Waals surface area contributed by atoms with Crippen LogP contribution in [-0.4, -0.2) is 21.1 Å². The molecule has 0 spiro atoms. The summed E-state index contributed by atoms with van der Waals surface area (Å²) in [6, 6.07) is 1.61. The summed E-state index contributed by atoms with van der Waals surface area (Å²) < 4.78 is 1.53. The second kappa shape index (κ2) is 5.35. The van der Waals surface area contributed by atoms with Gasteiger partial charge >= 0.3 is 0 Å². The van der Waals surface area contributed by atoms with Crippen molar-refractivity contribution in [2.24, 2.45) is 5.73 Å². The molecule has 0 aliphatic carbocycles. The number of rotatable bonds is 5. The first-order valence-corrected chi connectivity index (χ1v) is 6.47. The van der Waals surface area contributed by atoms with Crippen molar-refractivity contribution >= 4 is 5.65 Å². The van der Waals surface area contributed by atoms with Crippen molar-refractivity contribution in [3.8, 4) is 0 Å². The Hall–Kier alpha value is -1.62. The van der Waals surface area contributed by atoms with Crippen molar-refractivity contribution < 1.29 is 0 Å². The van der Waals surface area contributed by atoms with Gasteiger partial charge < -0.3 is 5.73 Å². The summed E-state index contributed by atoms with van der Waals surface area (Å²) in [5, 5.41) is 3.10. The number of hydrogen-bond donors (Lipinski definition) is 2. The Kier molecular flexibility index (Phi) is 3.81. The summed E-state index contributed by atoms with van der Waals surface area (Å²) in [7, 11) is 0. The maximum atomic E-state index is 12.0. The molecule has 2 aromatic rings. The van der Waals surface area contributed by atoms with E-state index in [9.17, 15) is 4.79 Å². The number of nitrogens with one attached hydrogen (secondary N) is 1. The van der Waals surface area contributed by atoms with Crippen molar-refractivity contribution in [1.29, 1.82) is 0 Å². The van der Waals surface area contributed by atoms with Gasteiger partial charge in [-0.25, -0.2) is 9.50 Å². The minimum atomic E-state index is -0.0365. The summed E-state index contributed by atoms with van der Waals surface area (Å²) in [6.07, 6.45) is 3.63. The SMILES string of the molecule is CCc1[nH]n2c(=O)cc(CCCCN)nc2c1C. The predicted octanol–water partition coefficient (Wildman–Crippen LogP) is 1.17. The highest BCUT2D eigenvalue weighted by atomic mass is 16.1. The molecular weight excluding hydrogens is 228 g/mol. The lowest BCUT2D eigenvalue weighted by Crippen LogP contribution is -2.16. The molecule has 2 heterocycles. The molecule has 0 fully saturated rings. The third-order valence-electron chi connectivity index (χ3n) is 3.25. The molecule has 5 nitrogen and oxygen atoms in total. The maximum absolute atomic E-state index is 12.0. The molecule has 98 valence electrons. The van der Waals surface area contributed by atoms with Gasteiger partial charge in [0.25, 0.3) is 5.56 Å². The number of aromatic nitrogens is 3. The number of hydrogen-bond acceptors (Lipinski definition) is 3. The molecule has 0 atom stereocenters. The number of unbranched alkanes of at least 4 members (excludes halogenated alkanes) is 1. The van der Waals surface area contributed by atoms with Gasteiger partial charge in [0.2, 0.25) is 0 Å². The lowest BCUT2D eigenvalue weighted by atomic mass is 10.2. The zero-order chi connectivity index (χ0) is 13.1. The first-order valence-electron chi connectivity index (χ1n) is 6.47. The third-order valence-corrected chi connectivity index (χ3v) is 3.25. The van der Waals surface area contributed by atoms with E-state index in [4.69, 9.17) is 5.73 Å². The molecule has 0 aromatic carbocycles. The number of nitrogens with two attached hydrogens (primary N) is 1. The Morgan fingerprint density at radius 2 is 2.22 bits per heavy atom. The number of H-pyrrole nitrogens is 1. The molecule has 0 radical (unpaired) electrons. The van der Waals surface area contributed by atoms with Gasteiger partial charge in [0, 0.05) is 23.0 Å². The average Bonchev–Trinajstić information content (AvgIpc) is 2.68. The van der Waals surface area contributed by atoms with E-state index < -0.39 is 0 Å². The second-order valence-electron chi connectivity index (χ2n) is 4.56. The normalized spacial score (nSPS) is 11.3. The van der Waals surface area contributed by atoms with Crippen LogP contribution in [0.1, 0.15) is 36.7 Å². The number of aromatic amines is 1. The number of fused-ring (bicyclic) bond motifs is 1. The standard InChI is InChI=1S/C13H20N4O/c1-3-11-9(2)13-15-10(6-4-5-7-14)8-12(18)17(13)16-11/h8,16H,3-7,14H2,1-2H3. The molecule has 2 aromatic heterocycles. The van der Waals surface area contributed by atoms with Crippen molar-refractivity contribution in [2.75, 3.05) is 6.54 Å². The van der Waals surface area contributed by atoms with Gasteiger partial charge in [-0.3, -0.25) is 9.89 Å². The van der Waals surface area contributed by atoms with E-state index >= 15 is 0 Å². The van der Waals surface area contributed by atoms with E-state index in [-0.39, 0.29) is 5.56 Å². The smallest absolute Gasteiger partial charge is 0.272 e. The summed E-state index contributed by atoms with van der Waals surface area (Å²) in [5.74, 6) is 0. The summed E-state index contributed by atoms with van der Waals surface area (Å²) in [4.78, 5) is 16.5. The van der Waals surface area contributed by atoms with Crippen molar-refractivity contribution in [3.63, 3.8) is 0 Å². The number of aryl methyl sites for hydroxylation is 3. The van der Waals surface area contributed by atoms with Crippen molar-refractivity contribution in [3.05, 3.63) is 33.4 Å². The quantitative estimate of drug-likeness (QED) is 0.780. The van der Waals surface area contributed by atoms with E-state index in [1.54, 1.807) is 6.07 Å². The zero-order valence-corrected chi connectivity index (χ0v) is 11.0. The minimum Gasteiger partial charge on any atom is -0.330 e. The highest BCUT2D eigenvalue weighted by molar-refractivity contribution is 5.49. The molecule has 3 N–H and O–H groups in total. The van der Waals surface area contributed by atoms with Crippen LogP contribution in [-0.2, 0) is 12.8 Å². The van der Waals surface area contributed by atoms with E-state index in [0.29, 0.717) is 6.54 Å². The van der Waals surface area contributed by atoms with Gasteiger partial charge in [-0.15, -0.1) is 0 Å². The molecule has 0 aliphatic heterocycles. The molecule has 0 saturated heterocycles. The summed E-state index contributed by atoms with van der Waals surface area (Å²) in [6.45, 7) is 4.75.